The molecular formula is C19H15FN4O. The largest absolute Gasteiger partial charge is 0.405 e. The number of rotatable bonds is 4. The minimum atomic E-state index is -0.444. The van der Waals surface area contributed by atoms with E-state index < -0.39 is 5.82 Å². The number of nitrogens with zero attached hydrogens (tertiary/aromatic N) is 3. The monoisotopic (exact) mass is 334 g/mol. The van der Waals surface area contributed by atoms with Crippen molar-refractivity contribution in [3.8, 4) is 5.69 Å². The van der Waals surface area contributed by atoms with Crippen LogP contribution in [0.5, 0.6) is 0 Å². The summed E-state index contributed by atoms with van der Waals surface area (Å²) >= 11 is 0. The predicted molar refractivity (Wildman–Crippen MR) is 95.8 cm³/mol. The van der Waals surface area contributed by atoms with E-state index in [-0.39, 0.29) is 16.8 Å². The second kappa shape index (κ2) is 7.35. The van der Waals surface area contributed by atoms with Gasteiger partial charge in [-0.15, -0.1) is 0 Å². The van der Waals surface area contributed by atoms with Crippen LogP contribution in [0, 0.1) is 5.82 Å². The van der Waals surface area contributed by atoms with Crippen LogP contribution in [0.15, 0.2) is 88.9 Å². The van der Waals surface area contributed by atoms with Crippen LogP contribution in [0.25, 0.3) is 5.69 Å². The summed E-state index contributed by atoms with van der Waals surface area (Å²) in [6, 6.07) is 16.6. The first kappa shape index (κ1) is 16.3. The van der Waals surface area contributed by atoms with Crippen LogP contribution in [0.2, 0.25) is 0 Å². The minimum absolute atomic E-state index is 0.0799. The fourth-order valence-corrected chi connectivity index (χ4v) is 2.26. The second-order valence-corrected chi connectivity index (χ2v) is 5.12. The number of allylic oxidation sites excluding steroid dienone is 1. The van der Waals surface area contributed by atoms with Crippen LogP contribution < -0.4 is 11.2 Å². The van der Waals surface area contributed by atoms with Crippen LogP contribution in [-0.4, -0.2) is 15.5 Å². The summed E-state index contributed by atoms with van der Waals surface area (Å²) in [6.45, 7) is 0. The van der Waals surface area contributed by atoms with Crippen molar-refractivity contribution < 1.29 is 4.39 Å². The molecule has 25 heavy (non-hydrogen) atoms. The molecule has 5 nitrogen and oxygen atoms in total. The molecular weight excluding hydrogens is 319 g/mol. The molecule has 1 aromatic heterocycles. The van der Waals surface area contributed by atoms with E-state index >= 15 is 0 Å². The molecule has 0 aliphatic carbocycles. The fraction of sp³-hybridized carbons (Fsp3) is 0. The van der Waals surface area contributed by atoms with E-state index in [1.807, 2.05) is 18.2 Å². The Bertz CT molecular complexity index is 994. The van der Waals surface area contributed by atoms with Gasteiger partial charge in [0.2, 0.25) is 5.43 Å². The Morgan fingerprint density at radius 1 is 1.08 bits per heavy atom. The smallest absolute Gasteiger partial charge is 0.209 e. The molecule has 2 N–H and O–H groups in total. The van der Waals surface area contributed by atoms with E-state index in [0.29, 0.717) is 11.4 Å². The molecule has 0 spiro atoms. The third kappa shape index (κ3) is 3.69. The number of hydrogen-bond donors (Lipinski definition) is 1. The van der Waals surface area contributed by atoms with Crippen molar-refractivity contribution in [1.82, 2.24) is 9.78 Å². The molecule has 0 atom stereocenters. The van der Waals surface area contributed by atoms with Crippen LogP contribution >= 0.6 is 0 Å². The number of hydrogen-bond acceptors (Lipinski definition) is 4. The van der Waals surface area contributed by atoms with E-state index in [0.717, 1.165) is 0 Å². The zero-order valence-corrected chi connectivity index (χ0v) is 13.2. The Morgan fingerprint density at radius 2 is 1.80 bits per heavy atom. The number of aromatic nitrogens is 2. The summed E-state index contributed by atoms with van der Waals surface area (Å²) < 4.78 is 15.3. The highest BCUT2D eigenvalue weighted by Crippen LogP contribution is 2.13. The van der Waals surface area contributed by atoms with Gasteiger partial charge in [0.25, 0.3) is 0 Å². The first-order valence-corrected chi connectivity index (χ1v) is 7.56. The van der Waals surface area contributed by atoms with E-state index in [2.05, 4.69) is 10.1 Å². The Morgan fingerprint density at radius 3 is 2.52 bits per heavy atom. The highest BCUT2D eigenvalue weighted by atomic mass is 19.1. The molecule has 124 valence electrons. The lowest BCUT2D eigenvalue weighted by atomic mass is 10.2. The molecule has 0 aliphatic heterocycles. The maximum Gasteiger partial charge on any atom is 0.209 e. The summed E-state index contributed by atoms with van der Waals surface area (Å²) in [7, 11) is 0. The molecule has 0 radical (unpaired) electrons. The molecule has 3 rings (SSSR count). The van der Waals surface area contributed by atoms with Crippen LogP contribution in [0.3, 0.4) is 0 Å². The first-order valence-electron chi connectivity index (χ1n) is 7.56. The maximum absolute atomic E-state index is 14.0. The fourth-order valence-electron chi connectivity index (χ4n) is 2.26. The predicted octanol–water partition coefficient (Wildman–Crippen LogP) is 2.96. The van der Waals surface area contributed by atoms with Gasteiger partial charge in [0.1, 0.15) is 11.5 Å². The molecule has 0 amide bonds. The molecule has 2 aromatic carbocycles. The SMILES string of the molecule is NC=CC(=Nc1ccccc1)c1nn(-c2ccccc2F)ccc1=O. The van der Waals surface area contributed by atoms with Crippen LogP contribution in [0.1, 0.15) is 5.69 Å². The van der Waals surface area contributed by atoms with Gasteiger partial charge in [-0.05, 0) is 36.5 Å². The van der Waals surface area contributed by atoms with Crippen molar-refractivity contribution in [3.05, 3.63) is 101 Å². The highest BCUT2D eigenvalue weighted by Gasteiger charge is 2.11. The standard InChI is InChI=1S/C19H15FN4O/c20-15-8-4-5-9-17(15)24-13-11-18(25)19(23-24)16(10-12-21)22-14-6-2-1-3-7-14/h1-13H,21H2. The summed E-state index contributed by atoms with van der Waals surface area (Å²) in [6.07, 6.45) is 4.18. The van der Waals surface area contributed by atoms with Crippen molar-refractivity contribution in [2.24, 2.45) is 10.7 Å². The molecule has 3 aromatic rings. The average Bonchev–Trinajstić information content (AvgIpc) is 2.63. The lowest BCUT2D eigenvalue weighted by molar-refractivity contribution is 0.608. The van der Waals surface area contributed by atoms with E-state index in [9.17, 15) is 9.18 Å². The number of nitrogens with two attached hydrogens (primary N) is 1. The molecule has 0 unspecified atom stereocenters. The Balaban J connectivity index is 2.14. The van der Waals surface area contributed by atoms with Crippen molar-refractivity contribution >= 4 is 11.4 Å². The summed E-state index contributed by atoms with van der Waals surface area (Å²) in [5.41, 5.74) is 6.42. The highest BCUT2D eigenvalue weighted by molar-refractivity contribution is 6.08. The molecule has 6 heteroatoms. The minimum Gasteiger partial charge on any atom is -0.405 e. The van der Waals surface area contributed by atoms with Gasteiger partial charge in [-0.1, -0.05) is 30.3 Å². The molecule has 0 fully saturated rings. The van der Waals surface area contributed by atoms with Gasteiger partial charge in [-0.25, -0.2) is 14.1 Å². The zero-order valence-electron chi connectivity index (χ0n) is 13.2. The first-order chi connectivity index (χ1) is 12.2. The molecule has 0 saturated carbocycles. The quantitative estimate of drug-likeness (QED) is 0.746. The molecule has 0 bridgehead atoms. The topological polar surface area (TPSA) is 73.3 Å². The third-order valence-corrected chi connectivity index (χ3v) is 3.41. The Labute approximate surface area is 143 Å². The van der Waals surface area contributed by atoms with Crippen LogP contribution in [-0.2, 0) is 0 Å². The number of para-hydroxylation sites is 2. The van der Waals surface area contributed by atoms with Gasteiger partial charge in [0, 0.05) is 12.3 Å². The van der Waals surface area contributed by atoms with E-state index in [1.165, 1.54) is 35.3 Å². The third-order valence-electron chi connectivity index (χ3n) is 3.41. The van der Waals surface area contributed by atoms with Gasteiger partial charge >= 0.3 is 0 Å². The second-order valence-electron chi connectivity index (χ2n) is 5.12. The lowest BCUT2D eigenvalue weighted by Gasteiger charge is -2.08. The van der Waals surface area contributed by atoms with Gasteiger partial charge in [-0.2, -0.15) is 5.10 Å². The van der Waals surface area contributed by atoms with Crippen molar-refractivity contribution in [2.45, 2.75) is 0 Å². The molecule has 1 heterocycles. The van der Waals surface area contributed by atoms with Crippen LogP contribution in [0.4, 0.5) is 10.1 Å². The average molecular weight is 334 g/mol. The van der Waals surface area contributed by atoms with Gasteiger partial charge < -0.3 is 5.73 Å². The number of halogens is 1. The van der Waals surface area contributed by atoms with Crippen molar-refractivity contribution in [3.63, 3.8) is 0 Å². The summed E-state index contributed by atoms with van der Waals surface area (Å²) in [5.74, 6) is -0.444. The van der Waals surface area contributed by atoms with Gasteiger partial charge in [0.05, 0.1) is 11.4 Å². The van der Waals surface area contributed by atoms with Gasteiger partial charge in [0.15, 0.2) is 5.69 Å². The van der Waals surface area contributed by atoms with Crippen molar-refractivity contribution in [2.75, 3.05) is 0 Å². The summed E-state index contributed by atoms with van der Waals surface area (Å²) in [4.78, 5) is 16.7. The van der Waals surface area contributed by atoms with Gasteiger partial charge in [-0.3, -0.25) is 4.79 Å². The Kier molecular flexibility index (Phi) is 4.80. The number of aliphatic imine (C=N–C) groups is 1. The van der Waals surface area contributed by atoms with E-state index in [1.54, 1.807) is 30.3 Å². The lowest BCUT2D eigenvalue weighted by Crippen LogP contribution is -2.20. The van der Waals surface area contributed by atoms with E-state index in [4.69, 9.17) is 5.73 Å². The zero-order chi connectivity index (χ0) is 17.6. The maximum atomic E-state index is 14.0. The molecule has 0 saturated heterocycles. The summed E-state index contributed by atoms with van der Waals surface area (Å²) in [5, 5.41) is 4.25. The normalized spacial score (nSPS) is 11.8. The Hall–Kier alpha value is -3.54. The number of benzene rings is 2. The molecule has 0 aliphatic rings. The van der Waals surface area contributed by atoms with Crippen molar-refractivity contribution in [1.29, 1.82) is 0 Å².